The van der Waals surface area contributed by atoms with Crippen LogP contribution in [0.5, 0.6) is 0 Å². The minimum absolute atomic E-state index is 0.448. The van der Waals surface area contributed by atoms with E-state index in [-0.39, 0.29) is 0 Å². The van der Waals surface area contributed by atoms with E-state index < -0.39 is 5.91 Å². The lowest BCUT2D eigenvalue weighted by atomic mass is 10.2. The molecule has 4 heteroatoms. The summed E-state index contributed by atoms with van der Waals surface area (Å²) >= 11 is 0. The third-order valence-electron chi connectivity index (χ3n) is 1.54. The van der Waals surface area contributed by atoms with E-state index >= 15 is 0 Å². The Bertz CT molecular complexity index is 309. The number of hydrogen-bond acceptors (Lipinski definition) is 3. The zero-order chi connectivity index (χ0) is 9.84. The Kier molecular flexibility index (Phi) is 2.84. The summed E-state index contributed by atoms with van der Waals surface area (Å²) in [4.78, 5) is 16.5. The van der Waals surface area contributed by atoms with E-state index in [2.05, 4.69) is 4.98 Å². The molecule has 0 aliphatic heterocycles. The normalized spacial score (nSPS) is 9.69. The molecule has 0 saturated carbocycles. The van der Waals surface area contributed by atoms with Crippen LogP contribution in [0.3, 0.4) is 0 Å². The van der Waals surface area contributed by atoms with Gasteiger partial charge in [-0.05, 0) is 17.7 Å². The van der Waals surface area contributed by atoms with E-state index in [1.54, 1.807) is 18.3 Å². The van der Waals surface area contributed by atoms with Crippen molar-refractivity contribution in [1.82, 2.24) is 4.98 Å². The predicted molar refractivity (Wildman–Crippen MR) is 51.2 cm³/mol. The molecule has 2 N–H and O–H groups in total. The van der Waals surface area contributed by atoms with Gasteiger partial charge in [-0.3, -0.25) is 4.79 Å². The van der Waals surface area contributed by atoms with Crippen LogP contribution in [0.2, 0.25) is 0 Å². The van der Waals surface area contributed by atoms with Crippen LogP contribution in [0.1, 0.15) is 5.56 Å². The summed E-state index contributed by atoms with van der Waals surface area (Å²) in [5.74, 6) is 0.353. The fourth-order valence-corrected chi connectivity index (χ4v) is 0.933. The Morgan fingerprint density at radius 2 is 2.31 bits per heavy atom. The number of primary amides is 1. The molecule has 1 amide bonds. The van der Waals surface area contributed by atoms with Crippen molar-refractivity contribution in [1.29, 1.82) is 0 Å². The molecule has 69 valence electrons. The van der Waals surface area contributed by atoms with Gasteiger partial charge in [0.05, 0.1) is 6.42 Å². The molecule has 0 unspecified atom stereocenters. The zero-order valence-corrected chi connectivity index (χ0v) is 7.69. The summed E-state index contributed by atoms with van der Waals surface area (Å²) < 4.78 is 0. The van der Waals surface area contributed by atoms with E-state index in [1.807, 2.05) is 19.0 Å². The average Bonchev–Trinajstić information content (AvgIpc) is 2.03. The lowest BCUT2D eigenvalue weighted by molar-refractivity contribution is -0.114. The molecule has 1 aromatic heterocycles. The molecular formula is C9H12N3O. The zero-order valence-electron chi connectivity index (χ0n) is 7.69. The number of carbonyl (C=O) groups is 1. The summed E-state index contributed by atoms with van der Waals surface area (Å²) in [6, 6.07) is 3.53. The molecule has 0 aromatic carbocycles. The minimum Gasteiger partial charge on any atom is -0.369 e. The molecular weight excluding hydrogens is 166 g/mol. The van der Waals surface area contributed by atoms with Crippen LogP contribution in [-0.4, -0.2) is 25.0 Å². The number of nitrogens with two attached hydrogens (primary N) is 1. The molecule has 0 bridgehead atoms. The van der Waals surface area contributed by atoms with Gasteiger partial charge in [0, 0.05) is 20.3 Å². The van der Waals surface area contributed by atoms with Crippen LogP contribution in [-0.2, 0) is 4.79 Å². The molecule has 0 saturated heterocycles. The molecule has 0 fully saturated rings. The van der Waals surface area contributed by atoms with Gasteiger partial charge in [0.15, 0.2) is 0 Å². The molecule has 0 atom stereocenters. The van der Waals surface area contributed by atoms with E-state index in [9.17, 15) is 4.79 Å². The van der Waals surface area contributed by atoms with Crippen molar-refractivity contribution in [3.63, 3.8) is 0 Å². The van der Waals surface area contributed by atoms with Crippen LogP contribution in [0, 0.1) is 6.42 Å². The van der Waals surface area contributed by atoms with Crippen molar-refractivity contribution >= 4 is 11.7 Å². The van der Waals surface area contributed by atoms with Crippen molar-refractivity contribution < 1.29 is 4.79 Å². The maximum Gasteiger partial charge on any atom is 0.226 e. The Hall–Kier alpha value is -1.58. The standard InChI is InChI=1S/C9H12N3O/c1-12(2)9-6-7(3-4-11-9)5-8(10)13/h3-6H,1-2H3,(H2,10,13). The SMILES string of the molecule is CN(C)c1cc([CH]C(N)=O)ccn1. The Balaban J connectivity index is 2.85. The van der Waals surface area contributed by atoms with Gasteiger partial charge in [-0.1, -0.05) is 0 Å². The van der Waals surface area contributed by atoms with Gasteiger partial charge in [0.1, 0.15) is 5.82 Å². The quantitative estimate of drug-likeness (QED) is 0.718. The van der Waals surface area contributed by atoms with Crippen molar-refractivity contribution in [2.75, 3.05) is 19.0 Å². The van der Waals surface area contributed by atoms with Gasteiger partial charge >= 0.3 is 0 Å². The monoisotopic (exact) mass is 178 g/mol. The van der Waals surface area contributed by atoms with Crippen LogP contribution in [0.25, 0.3) is 0 Å². The summed E-state index contributed by atoms with van der Waals surface area (Å²) in [5.41, 5.74) is 5.79. The van der Waals surface area contributed by atoms with Gasteiger partial charge in [-0.15, -0.1) is 0 Å². The first-order chi connectivity index (χ1) is 6.09. The topological polar surface area (TPSA) is 59.2 Å². The highest BCUT2D eigenvalue weighted by Gasteiger charge is 2.01. The van der Waals surface area contributed by atoms with Crippen LogP contribution >= 0.6 is 0 Å². The first kappa shape index (κ1) is 9.51. The Labute approximate surface area is 77.4 Å². The fourth-order valence-electron chi connectivity index (χ4n) is 0.933. The molecule has 0 aliphatic carbocycles. The molecule has 0 aliphatic rings. The first-order valence-electron chi connectivity index (χ1n) is 3.87. The maximum atomic E-state index is 10.6. The number of pyridine rings is 1. The second-order valence-corrected chi connectivity index (χ2v) is 2.89. The van der Waals surface area contributed by atoms with Crippen LogP contribution in [0.15, 0.2) is 18.3 Å². The molecule has 1 radical (unpaired) electrons. The average molecular weight is 178 g/mol. The van der Waals surface area contributed by atoms with Gasteiger partial charge in [0.2, 0.25) is 5.91 Å². The van der Waals surface area contributed by atoms with Crippen molar-refractivity contribution in [2.24, 2.45) is 5.73 Å². The molecule has 1 rings (SSSR count). The van der Waals surface area contributed by atoms with E-state index in [0.717, 1.165) is 11.4 Å². The summed E-state index contributed by atoms with van der Waals surface area (Å²) in [7, 11) is 3.77. The number of rotatable bonds is 3. The van der Waals surface area contributed by atoms with Gasteiger partial charge in [0.25, 0.3) is 0 Å². The van der Waals surface area contributed by atoms with Gasteiger partial charge < -0.3 is 10.6 Å². The summed E-state index contributed by atoms with van der Waals surface area (Å²) in [5, 5.41) is 0. The number of amides is 1. The third kappa shape index (κ3) is 2.74. The number of aromatic nitrogens is 1. The molecule has 4 nitrogen and oxygen atoms in total. The van der Waals surface area contributed by atoms with Gasteiger partial charge in [-0.25, -0.2) is 4.98 Å². The molecule has 13 heavy (non-hydrogen) atoms. The second kappa shape index (κ2) is 3.89. The van der Waals surface area contributed by atoms with Crippen LogP contribution in [0.4, 0.5) is 5.82 Å². The number of hydrogen-bond donors (Lipinski definition) is 1. The lowest BCUT2D eigenvalue weighted by Crippen LogP contribution is -2.13. The summed E-state index contributed by atoms with van der Waals surface area (Å²) in [6.45, 7) is 0. The van der Waals surface area contributed by atoms with E-state index in [0.29, 0.717) is 0 Å². The number of carbonyl (C=O) groups excluding carboxylic acids is 1. The molecule has 1 aromatic rings. The smallest absolute Gasteiger partial charge is 0.226 e. The highest BCUT2D eigenvalue weighted by atomic mass is 16.1. The Morgan fingerprint density at radius 3 is 2.85 bits per heavy atom. The number of nitrogens with zero attached hydrogens (tertiary/aromatic N) is 2. The second-order valence-electron chi connectivity index (χ2n) is 2.89. The first-order valence-corrected chi connectivity index (χ1v) is 3.87. The minimum atomic E-state index is -0.448. The van der Waals surface area contributed by atoms with E-state index in [4.69, 9.17) is 5.73 Å². The number of anilines is 1. The van der Waals surface area contributed by atoms with Crippen molar-refractivity contribution in [2.45, 2.75) is 0 Å². The highest BCUT2D eigenvalue weighted by Crippen LogP contribution is 2.10. The predicted octanol–water partition coefficient (Wildman–Crippen LogP) is 0.185. The van der Waals surface area contributed by atoms with E-state index in [1.165, 1.54) is 6.42 Å². The maximum absolute atomic E-state index is 10.6. The third-order valence-corrected chi connectivity index (χ3v) is 1.54. The van der Waals surface area contributed by atoms with Crippen molar-refractivity contribution in [3.05, 3.63) is 30.3 Å². The largest absolute Gasteiger partial charge is 0.369 e. The highest BCUT2D eigenvalue weighted by molar-refractivity contribution is 5.86. The fraction of sp³-hybridized carbons (Fsp3) is 0.222. The van der Waals surface area contributed by atoms with Crippen LogP contribution < -0.4 is 10.6 Å². The molecule has 0 spiro atoms. The van der Waals surface area contributed by atoms with Gasteiger partial charge in [-0.2, -0.15) is 0 Å². The van der Waals surface area contributed by atoms with Crippen molar-refractivity contribution in [3.8, 4) is 0 Å². The Morgan fingerprint density at radius 1 is 1.62 bits per heavy atom. The molecule has 1 heterocycles. The summed E-state index contributed by atoms with van der Waals surface area (Å²) in [6.07, 6.45) is 3.01. The lowest BCUT2D eigenvalue weighted by Gasteiger charge is -2.11.